The van der Waals surface area contributed by atoms with Crippen LogP contribution in [-0.4, -0.2) is 17.4 Å². The average Bonchev–Trinajstić information content (AvgIpc) is 2.19. The summed E-state index contributed by atoms with van der Waals surface area (Å²) in [6, 6.07) is 2.60. The Balaban J connectivity index is 2.48. The topological polar surface area (TPSA) is 42.0 Å². The molecule has 1 N–H and O–H groups in total. The number of hydrogen-bond acceptors (Lipinski definition) is 2. The smallest absolute Gasteiger partial charge is 0.269 e. The van der Waals surface area contributed by atoms with Gasteiger partial charge in [0.25, 0.3) is 5.91 Å². The first-order chi connectivity index (χ1) is 6.74. The largest absolute Gasteiger partial charge is 0.351 e. The van der Waals surface area contributed by atoms with Gasteiger partial charge < -0.3 is 5.32 Å². The molecule has 0 radical (unpaired) electrons. The third kappa shape index (κ3) is 3.12. The molecule has 0 atom stereocenters. The van der Waals surface area contributed by atoms with Crippen molar-refractivity contribution in [2.75, 3.05) is 6.54 Å². The van der Waals surface area contributed by atoms with Crippen molar-refractivity contribution < 1.29 is 9.18 Å². The number of carbonyl (C=O) groups excluding carboxylic acids is 1. The van der Waals surface area contributed by atoms with E-state index in [9.17, 15) is 9.18 Å². The van der Waals surface area contributed by atoms with Crippen LogP contribution in [-0.2, 0) is 0 Å². The maximum atomic E-state index is 12.5. The van der Waals surface area contributed by atoms with Crippen LogP contribution in [0.25, 0.3) is 0 Å². The van der Waals surface area contributed by atoms with E-state index in [1.807, 2.05) is 6.92 Å². The maximum Gasteiger partial charge on any atom is 0.269 e. The summed E-state index contributed by atoms with van der Waals surface area (Å²) in [5.41, 5.74) is 0.252. The van der Waals surface area contributed by atoms with Crippen LogP contribution in [0.5, 0.6) is 0 Å². The normalized spacial score (nSPS) is 9.86. The Kier molecular flexibility index (Phi) is 4.04. The SMILES string of the molecule is CCCCNC(=O)c1ccc(F)cn1. The molecule has 0 aliphatic rings. The number of pyridine rings is 1. The Morgan fingerprint density at radius 3 is 2.93 bits per heavy atom. The van der Waals surface area contributed by atoms with Crippen LogP contribution < -0.4 is 5.32 Å². The monoisotopic (exact) mass is 196 g/mol. The molecule has 14 heavy (non-hydrogen) atoms. The molecule has 0 aliphatic heterocycles. The first-order valence-electron chi connectivity index (χ1n) is 4.63. The highest BCUT2D eigenvalue weighted by molar-refractivity contribution is 5.92. The van der Waals surface area contributed by atoms with Crippen molar-refractivity contribution >= 4 is 5.91 Å². The Bertz CT molecular complexity index is 297. The van der Waals surface area contributed by atoms with Crippen LogP contribution in [0.4, 0.5) is 4.39 Å². The maximum absolute atomic E-state index is 12.5. The highest BCUT2D eigenvalue weighted by Gasteiger charge is 2.05. The Morgan fingerprint density at radius 1 is 1.57 bits per heavy atom. The van der Waals surface area contributed by atoms with Gasteiger partial charge in [-0.2, -0.15) is 0 Å². The standard InChI is InChI=1S/C10H13FN2O/c1-2-3-6-12-10(14)9-5-4-8(11)7-13-9/h4-5,7H,2-3,6H2,1H3,(H,12,14). The molecular formula is C10H13FN2O. The average molecular weight is 196 g/mol. The molecule has 1 heterocycles. The fraction of sp³-hybridized carbons (Fsp3) is 0.400. The third-order valence-corrected chi connectivity index (χ3v) is 1.78. The molecule has 1 aromatic rings. The number of hydrogen-bond donors (Lipinski definition) is 1. The summed E-state index contributed by atoms with van der Waals surface area (Å²) in [6.45, 7) is 2.68. The van der Waals surface area contributed by atoms with Gasteiger partial charge in [0.05, 0.1) is 6.20 Å². The molecule has 1 rings (SSSR count). The van der Waals surface area contributed by atoms with Crippen molar-refractivity contribution in [3.8, 4) is 0 Å². The van der Waals surface area contributed by atoms with Crippen LogP contribution in [0.2, 0.25) is 0 Å². The van der Waals surface area contributed by atoms with Gasteiger partial charge in [-0.05, 0) is 18.6 Å². The van der Waals surface area contributed by atoms with Gasteiger partial charge in [0.1, 0.15) is 11.5 Å². The van der Waals surface area contributed by atoms with E-state index in [0.29, 0.717) is 6.54 Å². The number of nitrogens with one attached hydrogen (secondary N) is 1. The van der Waals surface area contributed by atoms with Gasteiger partial charge in [0.15, 0.2) is 0 Å². The van der Waals surface area contributed by atoms with Crippen molar-refractivity contribution in [1.29, 1.82) is 0 Å². The first kappa shape index (κ1) is 10.6. The summed E-state index contributed by atoms with van der Waals surface area (Å²) in [4.78, 5) is 15.0. The van der Waals surface area contributed by atoms with Crippen molar-refractivity contribution in [3.05, 3.63) is 29.8 Å². The lowest BCUT2D eigenvalue weighted by Gasteiger charge is -2.02. The zero-order valence-electron chi connectivity index (χ0n) is 8.09. The second-order valence-corrected chi connectivity index (χ2v) is 2.97. The van der Waals surface area contributed by atoms with Crippen molar-refractivity contribution in [3.63, 3.8) is 0 Å². The highest BCUT2D eigenvalue weighted by atomic mass is 19.1. The van der Waals surface area contributed by atoms with E-state index >= 15 is 0 Å². The molecular weight excluding hydrogens is 183 g/mol. The minimum absolute atomic E-state index is 0.251. The van der Waals surface area contributed by atoms with E-state index < -0.39 is 5.82 Å². The van der Waals surface area contributed by atoms with Crippen LogP contribution >= 0.6 is 0 Å². The number of unbranched alkanes of at least 4 members (excludes halogenated alkanes) is 1. The van der Waals surface area contributed by atoms with Crippen molar-refractivity contribution in [2.24, 2.45) is 0 Å². The number of nitrogens with zero attached hydrogens (tertiary/aromatic N) is 1. The molecule has 0 saturated heterocycles. The molecule has 3 nitrogen and oxygen atoms in total. The van der Waals surface area contributed by atoms with E-state index in [0.717, 1.165) is 19.0 Å². The fourth-order valence-corrected chi connectivity index (χ4v) is 0.979. The predicted octanol–water partition coefficient (Wildman–Crippen LogP) is 1.75. The molecule has 1 amide bonds. The van der Waals surface area contributed by atoms with E-state index in [2.05, 4.69) is 10.3 Å². The fourth-order valence-electron chi connectivity index (χ4n) is 0.979. The molecule has 0 spiro atoms. The molecule has 0 saturated carbocycles. The van der Waals surface area contributed by atoms with Gasteiger partial charge in [-0.1, -0.05) is 13.3 Å². The zero-order valence-corrected chi connectivity index (χ0v) is 8.09. The lowest BCUT2D eigenvalue weighted by molar-refractivity contribution is 0.0948. The summed E-state index contributed by atoms with van der Waals surface area (Å²) < 4.78 is 12.5. The van der Waals surface area contributed by atoms with Crippen LogP contribution in [0.15, 0.2) is 18.3 Å². The molecule has 4 heteroatoms. The van der Waals surface area contributed by atoms with Crippen LogP contribution in [0.1, 0.15) is 30.3 Å². The summed E-state index contributed by atoms with van der Waals surface area (Å²) in [7, 11) is 0. The van der Waals surface area contributed by atoms with E-state index in [4.69, 9.17) is 0 Å². The molecule has 0 fully saturated rings. The number of halogens is 1. The minimum atomic E-state index is -0.435. The first-order valence-corrected chi connectivity index (χ1v) is 4.63. The summed E-state index contributed by atoms with van der Waals surface area (Å²) in [5, 5.41) is 2.70. The Morgan fingerprint density at radius 2 is 2.36 bits per heavy atom. The summed E-state index contributed by atoms with van der Waals surface area (Å²) in [6.07, 6.45) is 3.00. The summed E-state index contributed by atoms with van der Waals surface area (Å²) in [5.74, 6) is -0.687. The third-order valence-electron chi connectivity index (χ3n) is 1.78. The number of rotatable bonds is 4. The van der Waals surface area contributed by atoms with Gasteiger partial charge in [-0.15, -0.1) is 0 Å². The number of amides is 1. The molecule has 76 valence electrons. The van der Waals surface area contributed by atoms with Gasteiger partial charge in [0.2, 0.25) is 0 Å². The zero-order chi connectivity index (χ0) is 10.4. The van der Waals surface area contributed by atoms with Crippen LogP contribution in [0.3, 0.4) is 0 Å². The Labute approximate surface area is 82.4 Å². The molecule has 1 aromatic heterocycles. The van der Waals surface area contributed by atoms with Gasteiger partial charge in [0, 0.05) is 6.54 Å². The highest BCUT2D eigenvalue weighted by Crippen LogP contribution is 1.97. The minimum Gasteiger partial charge on any atom is -0.351 e. The molecule has 0 aromatic carbocycles. The van der Waals surface area contributed by atoms with E-state index in [1.54, 1.807) is 0 Å². The predicted molar refractivity (Wildman–Crippen MR) is 51.4 cm³/mol. The van der Waals surface area contributed by atoms with Gasteiger partial charge in [-0.25, -0.2) is 9.37 Å². The lowest BCUT2D eigenvalue weighted by Crippen LogP contribution is -2.25. The number of carbonyl (C=O) groups is 1. The number of aromatic nitrogens is 1. The van der Waals surface area contributed by atoms with Crippen molar-refractivity contribution in [2.45, 2.75) is 19.8 Å². The summed E-state index contributed by atoms with van der Waals surface area (Å²) >= 11 is 0. The van der Waals surface area contributed by atoms with E-state index in [-0.39, 0.29) is 11.6 Å². The van der Waals surface area contributed by atoms with Crippen molar-refractivity contribution in [1.82, 2.24) is 10.3 Å². The van der Waals surface area contributed by atoms with Crippen LogP contribution in [0, 0.1) is 5.82 Å². The van der Waals surface area contributed by atoms with E-state index in [1.165, 1.54) is 12.1 Å². The second kappa shape index (κ2) is 5.32. The lowest BCUT2D eigenvalue weighted by atomic mass is 10.3. The molecule has 0 bridgehead atoms. The second-order valence-electron chi connectivity index (χ2n) is 2.97. The molecule has 0 unspecified atom stereocenters. The Hall–Kier alpha value is -1.45. The van der Waals surface area contributed by atoms with Gasteiger partial charge >= 0.3 is 0 Å². The molecule has 0 aliphatic carbocycles. The quantitative estimate of drug-likeness (QED) is 0.745. The van der Waals surface area contributed by atoms with Gasteiger partial charge in [-0.3, -0.25) is 4.79 Å².